The lowest BCUT2D eigenvalue weighted by Gasteiger charge is -2.33. The number of benzene rings is 1. The molecule has 0 unspecified atom stereocenters. The number of carboxylic acids is 1. The zero-order valence-electron chi connectivity index (χ0n) is 10.9. The summed E-state index contributed by atoms with van der Waals surface area (Å²) in [5.74, 6) is 0.00613. The third-order valence-corrected chi connectivity index (χ3v) is 3.77. The van der Waals surface area contributed by atoms with Crippen molar-refractivity contribution >= 4 is 11.7 Å². The van der Waals surface area contributed by atoms with Crippen LogP contribution in [-0.2, 0) is 0 Å². The molecule has 1 N–H and O–H groups in total. The van der Waals surface area contributed by atoms with Crippen LogP contribution in [0.3, 0.4) is 0 Å². The van der Waals surface area contributed by atoms with Gasteiger partial charge in [-0.2, -0.15) is 0 Å². The number of carbonyl (C=O) groups is 1. The second-order valence-electron chi connectivity index (χ2n) is 5.07. The van der Waals surface area contributed by atoms with Gasteiger partial charge in [-0.05, 0) is 37.0 Å². The SMILES string of the molecule is CCCC1CCN(c2cccc(C(=O)O)c2)CC1. The molecular formula is C15H21NO2. The topological polar surface area (TPSA) is 40.5 Å². The van der Waals surface area contributed by atoms with Crippen LogP contribution in [0.15, 0.2) is 24.3 Å². The number of hydrogen-bond acceptors (Lipinski definition) is 2. The number of anilines is 1. The zero-order valence-corrected chi connectivity index (χ0v) is 10.9. The summed E-state index contributed by atoms with van der Waals surface area (Å²) >= 11 is 0. The van der Waals surface area contributed by atoms with Crippen LogP contribution >= 0.6 is 0 Å². The first kappa shape index (κ1) is 12.9. The summed E-state index contributed by atoms with van der Waals surface area (Å²) < 4.78 is 0. The van der Waals surface area contributed by atoms with Gasteiger partial charge in [0.1, 0.15) is 0 Å². The van der Waals surface area contributed by atoms with Gasteiger partial charge in [0, 0.05) is 18.8 Å². The maximum Gasteiger partial charge on any atom is 0.335 e. The molecule has 2 rings (SSSR count). The minimum absolute atomic E-state index is 0.378. The first-order chi connectivity index (χ1) is 8.70. The number of rotatable bonds is 4. The lowest BCUT2D eigenvalue weighted by molar-refractivity contribution is 0.0697. The number of piperidine rings is 1. The second-order valence-corrected chi connectivity index (χ2v) is 5.07. The molecule has 0 aromatic heterocycles. The first-order valence-corrected chi connectivity index (χ1v) is 6.79. The van der Waals surface area contributed by atoms with Crippen molar-refractivity contribution in [1.82, 2.24) is 0 Å². The molecule has 1 fully saturated rings. The second kappa shape index (κ2) is 5.89. The Kier molecular flexibility index (Phi) is 4.24. The Balaban J connectivity index is 2.01. The Hall–Kier alpha value is -1.51. The highest BCUT2D eigenvalue weighted by Crippen LogP contribution is 2.26. The van der Waals surface area contributed by atoms with Gasteiger partial charge in [0.2, 0.25) is 0 Å². The fraction of sp³-hybridized carbons (Fsp3) is 0.533. The minimum atomic E-state index is -0.849. The molecule has 1 aromatic rings. The third-order valence-electron chi connectivity index (χ3n) is 3.77. The summed E-state index contributed by atoms with van der Waals surface area (Å²) in [6.45, 7) is 4.34. The van der Waals surface area contributed by atoms with Crippen LogP contribution in [0.4, 0.5) is 5.69 Å². The first-order valence-electron chi connectivity index (χ1n) is 6.79. The molecule has 1 aliphatic heterocycles. The quantitative estimate of drug-likeness (QED) is 0.886. The molecule has 1 saturated heterocycles. The Morgan fingerprint density at radius 1 is 1.39 bits per heavy atom. The summed E-state index contributed by atoms with van der Waals surface area (Å²) in [7, 11) is 0. The summed E-state index contributed by atoms with van der Waals surface area (Å²) in [5, 5.41) is 9.00. The molecule has 1 aromatic carbocycles. The maximum atomic E-state index is 11.0. The largest absolute Gasteiger partial charge is 0.478 e. The molecule has 0 radical (unpaired) electrons. The molecule has 18 heavy (non-hydrogen) atoms. The maximum absolute atomic E-state index is 11.0. The van der Waals surface area contributed by atoms with Crippen molar-refractivity contribution in [3.63, 3.8) is 0 Å². The van der Waals surface area contributed by atoms with E-state index in [1.165, 1.54) is 25.7 Å². The van der Waals surface area contributed by atoms with Crippen molar-refractivity contribution in [3.8, 4) is 0 Å². The van der Waals surface area contributed by atoms with E-state index in [9.17, 15) is 4.79 Å². The fourth-order valence-electron chi connectivity index (χ4n) is 2.72. The average Bonchev–Trinajstić information content (AvgIpc) is 2.40. The lowest BCUT2D eigenvalue weighted by atomic mass is 9.92. The molecule has 0 amide bonds. The highest BCUT2D eigenvalue weighted by Gasteiger charge is 2.19. The normalized spacial score (nSPS) is 16.8. The minimum Gasteiger partial charge on any atom is -0.478 e. The highest BCUT2D eigenvalue weighted by atomic mass is 16.4. The third kappa shape index (κ3) is 3.03. The molecule has 3 heteroatoms. The summed E-state index contributed by atoms with van der Waals surface area (Å²) in [5.41, 5.74) is 1.42. The van der Waals surface area contributed by atoms with Crippen LogP contribution < -0.4 is 4.90 Å². The number of hydrogen-bond donors (Lipinski definition) is 1. The molecule has 0 atom stereocenters. The Labute approximate surface area is 108 Å². The van der Waals surface area contributed by atoms with Crippen LogP contribution in [0.25, 0.3) is 0 Å². The molecule has 1 heterocycles. The Bertz CT molecular complexity index is 409. The summed E-state index contributed by atoms with van der Waals surface area (Å²) in [6.07, 6.45) is 5.04. The number of aromatic carboxylic acids is 1. The van der Waals surface area contributed by atoms with Crippen molar-refractivity contribution in [2.24, 2.45) is 5.92 Å². The molecule has 98 valence electrons. The molecule has 0 bridgehead atoms. The van der Waals surface area contributed by atoms with Crippen molar-refractivity contribution in [1.29, 1.82) is 0 Å². The monoisotopic (exact) mass is 247 g/mol. The van der Waals surface area contributed by atoms with Crippen molar-refractivity contribution in [2.45, 2.75) is 32.6 Å². The van der Waals surface area contributed by atoms with E-state index >= 15 is 0 Å². The Morgan fingerprint density at radius 2 is 2.11 bits per heavy atom. The smallest absolute Gasteiger partial charge is 0.335 e. The van der Waals surface area contributed by atoms with Gasteiger partial charge >= 0.3 is 5.97 Å². The van der Waals surface area contributed by atoms with Gasteiger partial charge in [0.05, 0.1) is 5.56 Å². The predicted molar refractivity (Wildman–Crippen MR) is 73.2 cm³/mol. The van der Waals surface area contributed by atoms with Gasteiger partial charge in [-0.3, -0.25) is 0 Å². The predicted octanol–water partition coefficient (Wildman–Crippen LogP) is 3.40. The average molecular weight is 247 g/mol. The molecular weight excluding hydrogens is 226 g/mol. The van der Waals surface area contributed by atoms with Crippen LogP contribution in [0.2, 0.25) is 0 Å². The van der Waals surface area contributed by atoms with E-state index in [0.717, 1.165) is 24.7 Å². The van der Waals surface area contributed by atoms with Crippen LogP contribution in [0.1, 0.15) is 43.0 Å². The molecule has 3 nitrogen and oxygen atoms in total. The number of nitrogens with zero attached hydrogens (tertiary/aromatic N) is 1. The van der Waals surface area contributed by atoms with E-state index in [2.05, 4.69) is 11.8 Å². The highest BCUT2D eigenvalue weighted by molar-refractivity contribution is 5.88. The van der Waals surface area contributed by atoms with E-state index in [1.54, 1.807) is 12.1 Å². The van der Waals surface area contributed by atoms with E-state index in [-0.39, 0.29) is 0 Å². The molecule has 1 aliphatic rings. The van der Waals surface area contributed by atoms with E-state index < -0.39 is 5.97 Å². The van der Waals surface area contributed by atoms with Crippen molar-refractivity contribution in [2.75, 3.05) is 18.0 Å². The van der Waals surface area contributed by atoms with Crippen LogP contribution in [-0.4, -0.2) is 24.2 Å². The van der Waals surface area contributed by atoms with Gasteiger partial charge in [-0.1, -0.05) is 25.8 Å². The fourth-order valence-corrected chi connectivity index (χ4v) is 2.72. The lowest BCUT2D eigenvalue weighted by Crippen LogP contribution is -2.33. The van der Waals surface area contributed by atoms with E-state index in [4.69, 9.17) is 5.11 Å². The van der Waals surface area contributed by atoms with Gasteiger partial charge < -0.3 is 10.0 Å². The molecule has 0 saturated carbocycles. The van der Waals surface area contributed by atoms with Crippen LogP contribution in [0, 0.1) is 5.92 Å². The zero-order chi connectivity index (χ0) is 13.0. The Morgan fingerprint density at radius 3 is 2.72 bits per heavy atom. The van der Waals surface area contributed by atoms with Gasteiger partial charge in [0.25, 0.3) is 0 Å². The van der Waals surface area contributed by atoms with Gasteiger partial charge in [0.15, 0.2) is 0 Å². The molecule has 0 aliphatic carbocycles. The number of carboxylic acid groups (broad SMARTS) is 1. The molecule has 0 spiro atoms. The summed E-state index contributed by atoms with van der Waals surface area (Å²) in [4.78, 5) is 13.3. The van der Waals surface area contributed by atoms with Crippen LogP contribution in [0.5, 0.6) is 0 Å². The standard InChI is InChI=1S/C15H21NO2/c1-2-4-12-7-9-16(10-8-12)14-6-3-5-13(11-14)15(17)18/h3,5-6,11-12H,2,4,7-10H2,1H3,(H,17,18). The van der Waals surface area contributed by atoms with Gasteiger partial charge in [-0.15, -0.1) is 0 Å². The van der Waals surface area contributed by atoms with Crippen molar-refractivity contribution in [3.05, 3.63) is 29.8 Å². The van der Waals surface area contributed by atoms with Crippen molar-refractivity contribution < 1.29 is 9.90 Å². The van der Waals surface area contributed by atoms with E-state index in [0.29, 0.717) is 5.56 Å². The van der Waals surface area contributed by atoms with E-state index in [1.807, 2.05) is 12.1 Å². The van der Waals surface area contributed by atoms with Gasteiger partial charge in [-0.25, -0.2) is 4.79 Å². The summed E-state index contributed by atoms with van der Waals surface area (Å²) in [6, 6.07) is 7.27.